The molecule has 0 fully saturated rings. The number of ether oxygens (including phenoxy) is 3. The van der Waals surface area contributed by atoms with Crippen LogP contribution in [-0.4, -0.2) is 50.0 Å². The van der Waals surface area contributed by atoms with Crippen molar-refractivity contribution in [3.05, 3.63) is 45.5 Å². The van der Waals surface area contributed by atoms with E-state index in [-0.39, 0.29) is 48.0 Å². The lowest BCUT2D eigenvalue weighted by Crippen LogP contribution is -2.29. The van der Waals surface area contributed by atoms with Crippen molar-refractivity contribution in [2.24, 2.45) is 0 Å². The minimum absolute atomic E-state index is 0.0849. The number of aromatic hydroxyl groups is 1. The number of carbonyl (C=O) groups excluding carboxylic acids is 1. The van der Waals surface area contributed by atoms with Crippen LogP contribution in [0.2, 0.25) is 0 Å². The van der Waals surface area contributed by atoms with E-state index in [1.54, 1.807) is 12.1 Å². The Morgan fingerprint density at radius 2 is 1.81 bits per heavy atom. The van der Waals surface area contributed by atoms with Crippen LogP contribution < -0.4 is 25.2 Å². The van der Waals surface area contributed by atoms with Crippen molar-refractivity contribution in [3.8, 4) is 23.0 Å². The van der Waals surface area contributed by atoms with Gasteiger partial charge in [0.1, 0.15) is 11.5 Å². The number of methoxy groups -OCH3 is 3. The van der Waals surface area contributed by atoms with Gasteiger partial charge in [0, 0.05) is 30.5 Å². The lowest BCUT2D eigenvalue weighted by molar-refractivity contribution is -0.136. The van der Waals surface area contributed by atoms with Crippen molar-refractivity contribution in [2.45, 2.75) is 25.7 Å². The number of aryl methyl sites for hydroxylation is 1. The number of aliphatic carboxylic acids is 1. The molecule has 0 aliphatic rings. The van der Waals surface area contributed by atoms with Crippen LogP contribution in [0.15, 0.2) is 27.4 Å². The van der Waals surface area contributed by atoms with Crippen LogP contribution in [0.5, 0.6) is 23.0 Å². The quantitative estimate of drug-likeness (QED) is 0.508. The molecule has 0 saturated carbocycles. The predicted molar refractivity (Wildman–Crippen MR) is 109 cm³/mol. The number of hydrogen-bond acceptors (Lipinski definition) is 8. The normalized spacial score (nSPS) is 11.5. The molecule has 0 bridgehead atoms. The van der Waals surface area contributed by atoms with Crippen molar-refractivity contribution >= 4 is 11.9 Å². The van der Waals surface area contributed by atoms with E-state index in [9.17, 15) is 19.5 Å². The second-order valence-corrected chi connectivity index (χ2v) is 6.62. The summed E-state index contributed by atoms with van der Waals surface area (Å²) in [6, 6.07) is 4.45. The van der Waals surface area contributed by atoms with Crippen LogP contribution in [0, 0.1) is 6.92 Å². The molecule has 2 aromatic rings. The third kappa shape index (κ3) is 5.47. The first-order valence-corrected chi connectivity index (χ1v) is 9.34. The lowest BCUT2D eigenvalue weighted by atomic mass is 9.87. The molecule has 3 N–H and O–H groups in total. The average Bonchev–Trinajstić information content (AvgIpc) is 2.70. The van der Waals surface area contributed by atoms with Crippen LogP contribution in [0.25, 0.3) is 0 Å². The summed E-state index contributed by atoms with van der Waals surface area (Å²) in [6.07, 6.45) is -0.541. The van der Waals surface area contributed by atoms with E-state index in [4.69, 9.17) is 23.7 Å². The Balaban J connectivity index is 2.60. The Kier molecular flexibility index (Phi) is 7.89. The van der Waals surface area contributed by atoms with E-state index in [0.717, 1.165) is 0 Å². The summed E-state index contributed by atoms with van der Waals surface area (Å²) in [5, 5.41) is 21.7. The highest BCUT2D eigenvalue weighted by Gasteiger charge is 2.30. The molecule has 0 aliphatic heterocycles. The van der Waals surface area contributed by atoms with Crippen molar-refractivity contribution in [3.63, 3.8) is 0 Å². The van der Waals surface area contributed by atoms with Crippen LogP contribution in [0.3, 0.4) is 0 Å². The lowest BCUT2D eigenvalue weighted by Gasteiger charge is -2.22. The van der Waals surface area contributed by atoms with Gasteiger partial charge in [-0.15, -0.1) is 0 Å². The van der Waals surface area contributed by atoms with Crippen LogP contribution in [0.4, 0.5) is 0 Å². The third-order valence-corrected chi connectivity index (χ3v) is 4.60. The third-order valence-electron chi connectivity index (χ3n) is 4.60. The van der Waals surface area contributed by atoms with Gasteiger partial charge in [-0.25, -0.2) is 4.79 Å². The van der Waals surface area contributed by atoms with E-state index in [1.165, 1.54) is 34.3 Å². The Labute approximate surface area is 178 Å². The molecule has 0 saturated heterocycles. The van der Waals surface area contributed by atoms with Gasteiger partial charge in [-0.05, 0) is 13.0 Å². The van der Waals surface area contributed by atoms with E-state index in [2.05, 4.69) is 5.32 Å². The Morgan fingerprint density at radius 1 is 1.13 bits per heavy atom. The molecular weight excluding hydrogens is 410 g/mol. The average molecular weight is 435 g/mol. The van der Waals surface area contributed by atoms with Gasteiger partial charge in [-0.2, -0.15) is 0 Å². The summed E-state index contributed by atoms with van der Waals surface area (Å²) in [5.41, 5.74) is -0.567. The van der Waals surface area contributed by atoms with Gasteiger partial charge in [0.2, 0.25) is 11.7 Å². The first-order valence-electron chi connectivity index (χ1n) is 9.34. The van der Waals surface area contributed by atoms with Crippen molar-refractivity contribution in [2.75, 3.05) is 27.9 Å². The van der Waals surface area contributed by atoms with Crippen molar-refractivity contribution in [1.82, 2.24) is 5.32 Å². The zero-order valence-corrected chi connectivity index (χ0v) is 17.7. The number of hydrogen-bond donors (Lipinski definition) is 3. The molecule has 0 spiro atoms. The number of carboxylic acid groups (broad SMARTS) is 1. The zero-order chi connectivity index (χ0) is 23.1. The fourth-order valence-electron chi connectivity index (χ4n) is 3.26. The van der Waals surface area contributed by atoms with E-state index >= 15 is 0 Å². The van der Waals surface area contributed by atoms with Crippen molar-refractivity contribution < 1.29 is 38.4 Å². The standard InChI is InChI=1S/C21H25NO9/c1-11-9-14(23)18(21(27)31-11)13(10-16(24)22-8-7-17(25)26)12-5-6-15(28-2)20(30-4)19(12)29-3/h5-6,9,13,23H,7-8,10H2,1-4H3,(H,22,24)(H,25,26)/t13-/m1/s1. The van der Waals surface area contributed by atoms with Crippen molar-refractivity contribution in [1.29, 1.82) is 0 Å². The first-order chi connectivity index (χ1) is 14.7. The van der Waals surface area contributed by atoms with Gasteiger partial charge in [0.05, 0.1) is 33.3 Å². The Bertz CT molecular complexity index is 1010. The summed E-state index contributed by atoms with van der Waals surface area (Å²) in [6.45, 7) is 1.42. The molecule has 0 radical (unpaired) electrons. The van der Waals surface area contributed by atoms with E-state index in [1.807, 2.05) is 0 Å². The van der Waals surface area contributed by atoms with Gasteiger partial charge >= 0.3 is 11.6 Å². The predicted octanol–water partition coefficient (Wildman–Crippen LogP) is 1.79. The summed E-state index contributed by atoms with van der Waals surface area (Å²) in [5.74, 6) is -1.87. The fraction of sp³-hybridized carbons (Fsp3) is 0.381. The summed E-state index contributed by atoms with van der Waals surface area (Å²) < 4.78 is 21.3. The Morgan fingerprint density at radius 3 is 2.35 bits per heavy atom. The molecule has 2 rings (SSSR count). The molecule has 1 heterocycles. The molecule has 1 atom stereocenters. The van der Waals surface area contributed by atoms with E-state index in [0.29, 0.717) is 11.3 Å². The molecule has 10 heteroatoms. The number of benzene rings is 1. The van der Waals surface area contributed by atoms with E-state index < -0.39 is 23.4 Å². The molecule has 0 unspecified atom stereocenters. The van der Waals surface area contributed by atoms with Crippen LogP contribution in [0.1, 0.15) is 35.6 Å². The minimum Gasteiger partial charge on any atom is -0.507 e. The molecule has 1 aromatic carbocycles. The van der Waals surface area contributed by atoms with Crippen LogP contribution >= 0.6 is 0 Å². The second kappa shape index (κ2) is 10.4. The molecule has 1 amide bonds. The first kappa shape index (κ1) is 23.6. The molecule has 1 aromatic heterocycles. The SMILES string of the molecule is COc1ccc([C@@H](CC(=O)NCCC(=O)O)c2c(O)cc(C)oc2=O)c(OC)c1OC. The smallest absolute Gasteiger partial charge is 0.343 e. The molecule has 0 aliphatic carbocycles. The topological polar surface area (TPSA) is 145 Å². The number of rotatable bonds is 10. The van der Waals surface area contributed by atoms with Gasteiger partial charge in [0.25, 0.3) is 0 Å². The van der Waals surface area contributed by atoms with Gasteiger partial charge in [-0.3, -0.25) is 9.59 Å². The monoisotopic (exact) mass is 435 g/mol. The highest BCUT2D eigenvalue weighted by atomic mass is 16.5. The number of carboxylic acids is 1. The maximum atomic E-state index is 12.6. The van der Waals surface area contributed by atoms with Gasteiger partial charge < -0.3 is 34.2 Å². The molecule has 168 valence electrons. The zero-order valence-electron chi connectivity index (χ0n) is 17.7. The summed E-state index contributed by atoms with van der Waals surface area (Å²) in [7, 11) is 4.25. The summed E-state index contributed by atoms with van der Waals surface area (Å²) in [4.78, 5) is 35.8. The largest absolute Gasteiger partial charge is 0.507 e. The second-order valence-electron chi connectivity index (χ2n) is 6.62. The minimum atomic E-state index is -1.06. The molecule has 10 nitrogen and oxygen atoms in total. The summed E-state index contributed by atoms with van der Waals surface area (Å²) >= 11 is 0. The maximum absolute atomic E-state index is 12.6. The fourth-order valence-corrected chi connectivity index (χ4v) is 3.26. The van der Waals surface area contributed by atoms with Crippen LogP contribution in [-0.2, 0) is 9.59 Å². The number of nitrogens with one attached hydrogen (secondary N) is 1. The maximum Gasteiger partial charge on any atom is 0.343 e. The molecular formula is C21H25NO9. The highest BCUT2D eigenvalue weighted by Crippen LogP contribution is 2.45. The highest BCUT2D eigenvalue weighted by molar-refractivity contribution is 5.79. The van der Waals surface area contributed by atoms with Gasteiger partial charge in [0.15, 0.2) is 11.5 Å². The number of carbonyl (C=O) groups is 2. The Hall–Kier alpha value is -3.69. The van der Waals surface area contributed by atoms with Gasteiger partial charge in [-0.1, -0.05) is 6.07 Å². The molecule has 31 heavy (non-hydrogen) atoms. The number of amides is 1.